The number of hydrogen-bond acceptors (Lipinski definition) is 5. The Morgan fingerprint density at radius 2 is 2.07 bits per heavy atom. The van der Waals surface area contributed by atoms with Crippen LogP contribution in [0.2, 0.25) is 0 Å². The number of aromatic amines is 1. The third-order valence-corrected chi connectivity index (χ3v) is 5.21. The van der Waals surface area contributed by atoms with E-state index >= 15 is 0 Å². The van der Waals surface area contributed by atoms with Gasteiger partial charge in [0.15, 0.2) is 3.95 Å². The number of nitrogens with one attached hydrogen (secondary N) is 2. The lowest BCUT2D eigenvalue weighted by molar-refractivity contribution is -0.122. The second kappa shape index (κ2) is 7.24. The summed E-state index contributed by atoms with van der Waals surface area (Å²) in [6.07, 6.45) is 1.96. The largest absolute Gasteiger partial charge is 0.369 e. The molecule has 4 N–H and O–H groups in total. The molecule has 0 radical (unpaired) electrons. The van der Waals surface area contributed by atoms with Crippen LogP contribution in [0, 0.1) is 9.37 Å². The number of rotatable bonds is 5. The summed E-state index contributed by atoms with van der Waals surface area (Å²) in [5.41, 5.74) is 6.68. The van der Waals surface area contributed by atoms with Crippen LogP contribution in [0.3, 0.4) is 0 Å². The number of primary amides is 1. The van der Waals surface area contributed by atoms with Gasteiger partial charge in [-0.2, -0.15) is 0 Å². The van der Waals surface area contributed by atoms with Gasteiger partial charge in [0, 0.05) is 17.1 Å². The van der Waals surface area contributed by atoms with E-state index in [1.54, 1.807) is 0 Å². The molecule has 2 heterocycles. The van der Waals surface area contributed by atoms with Crippen molar-refractivity contribution in [1.82, 2.24) is 14.8 Å². The molecule has 27 heavy (non-hydrogen) atoms. The Morgan fingerprint density at radius 3 is 2.67 bits per heavy atom. The van der Waals surface area contributed by atoms with Crippen LogP contribution in [0.4, 0.5) is 5.13 Å². The van der Waals surface area contributed by atoms with Crippen molar-refractivity contribution in [1.29, 1.82) is 0 Å². The van der Waals surface area contributed by atoms with E-state index < -0.39 is 17.4 Å². The molecule has 3 aromatic rings. The zero-order chi connectivity index (χ0) is 19.8. The van der Waals surface area contributed by atoms with Crippen molar-refractivity contribution in [3.05, 3.63) is 40.0 Å². The van der Waals surface area contributed by atoms with Gasteiger partial charge in [-0.1, -0.05) is 50.3 Å². The molecule has 2 amide bonds. The number of carbonyl (C=O) groups excluding carboxylic acids is 2. The molecule has 0 bridgehead atoms. The quantitative estimate of drug-likeness (QED) is 0.568. The number of H-pyrrole nitrogens is 1. The molecule has 1 unspecified atom stereocenters. The first kappa shape index (κ1) is 19.2. The van der Waals surface area contributed by atoms with Gasteiger partial charge in [0.1, 0.15) is 6.04 Å². The first-order chi connectivity index (χ1) is 12.7. The molecule has 0 spiro atoms. The van der Waals surface area contributed by atoms with Crippen molar-refractivity contribution in [2.45, 2.75) is 33.2 Å². The number of anilines is 1. The number of fused-ring (bicyclic) bond motifs is 1. The van der Waals surface area contributed by atoms with Crippen molar-refractivity contribution >= 4 is 51.4 Å². The van der Waals surface area contributed by atoms with E-state index in [9.17, 15) is 9.59 Å². The van der Waals surface area contributed by atoms with Crippen molar-refractivity contribution < 1.29 is 9.59 Å². The number of nitrogens with two attached hydrogens (primary N) is 1. The summed E-state index contributed by atoms with van der Waals surface area (Å²) in [4.78, 5) is 24.6. The molecule has 0 aliphatic carbocycles. The van der Waals surface area contributed by atoms with Gasteiger partial charge in [-0.15, -0.1) is 5.10 Å². The van der Waals surface area contributed by atoms with Gasteiger partial charge in [-0.3, -0.25) is 20.0 Å². The first-order valence-electron chi connectivity index (χ1n) is 8.40. The van der Waals surface area contributed by atoms with Crippen LogP contribution in [-0.4, -0.2) is 26.6 Å². The summed E-state index contributed by atoms with van der Waals surface area (Å²) in [6, 6.07) is 7.15. The topological polar surface area (TPSA) is 106 Å². The van der Waals surface area contributed by atoms with Crippen LogP contribution < -0.4 is 11.1 Å². The molecular formula is C18H21N5O2S2. The maximum absolute atomic E-state index is 13.1. The van der Waals surface area contributed by atoms with Gasteiger partial charge < -0.3 is 10.3 Å². The number of nitrogens with zero attached hydrogens (tertiary/aromatic N) is 2. The van der Waals surface area contributed by atoms with Crippen LogP contribution in [0.15, 0.2) is 30.5 Å². The summed E-state index contributed by atoms with van der Waals surface area (Å²) < 4.78 is 2.40. The second-order valence-electron chi connectivity index (χ2n) is 7.40. The highest BCUT2D eigenvalue weighted by atomic mass is 32.1. The van der Waals surface area contributed by atoms with Gasteiger partial charge in [-0.05, 0) is 29.3 Å². The summed E-state index contributed by atoms with van der Waals surface area (Å²) in [5, 5.41) is 10.8. The first-order valence-corrected chi connectivity index (χ1v) is 9.62. The Morgan fingerprint density at radius 1 is 1.37 bits per heavy atom. The Kier molecular flexibility index (Phi) is 5.16. The van der Waals surface area contributed by atoms with Crippen molar-refractivity contribution in [3.8, 4) is 0 Å². The fraction of sp³-hybridized carbons (Fsp3) is 0.333. The average Bonchev–Trinajstić information content (AvgIpc) is 3.11. The lowest BCUT2D eigenvalue weighted by Crippen LogP contribution is -2.35. The molecule has 9 heteroatoms. The fourth-order valence-electron chi connectivity index (χ4n) is 3.21. The number of benzene rings is 1. The van der Waals surface area contributed by atoms with E-state index in [0.29, 0.717) is 9.09 Å². The minimum atomic E-state index is -0.526. The molecule has 0 saturated heterocycles. The Balaban J connectivity index is 2.09. The SMILES string of the molecule is CC(C)(C)C(C(=O)Nc1n[nH]c(=S)s1)n1cc(CC(N)=O)c2ccccc21. The number of para-hydroxylation sites is 1. The second-order valence-corrected chi connectivity index (χ2v) is 9.06. The van der Waals surface area contributed by atoms with Crippen molar-refractivity contribution in [2.75, 3.05) is 5.32 Å². The van der Waals surface area contributed by atoms with Gasteiger partial charge in [0.25, 0.3) is 0 Å². The van der Waals surface area contributed by atoms with Crippen LogP contribution in [0.1, 0.15) is 32.4 Å². The molecule has 1 aromatic carbocycles. The van der Waals surface area contributed by atoms with Crippen LogP contribution >= 0.6 is 23.6 Å². The zero-order valence-corrected chi connectivity index (χ0v) is 16.9. The van der Waals surface area contributed by atoms with Gasteiger partial charge in [-0.25, -0.2) is 0 Å². The van der Waals surface area contributed by atoms with Gasteiger partial charge >= 0.3 is 0 Å². The van der Waals surface area contributed by atoms with Gasteiger partial charge in [0.05, 0.1) is 6.42 Å². The summed E-state index contributed by atoms with van der Waals surface area (Å²) >= 11 is 6.23. The molecule has 0 fully saturated rings. The normalized spacial score (nSPS) is 12.9. The van der Waals surface area contributed by atoms with Gasteiger partial charge in [0.2, 0.25) is 16.9 Å². The van der Waals surface area contributed by atoms with Crippen LogP contribution in [0.5, 0.6) is 0 Å². The molecule has 2 aromatic heterocycles. The lowest BCUT2D eigenvalue weighted by atomic mass is 9.86. The predicted molar refractivity (Wildman–Crippen MR) is 109 cm³/mol. The van der Waals surface area contributed by atoms with E-state index in [0.717, 1.165) is 16.5 Å². The number of hydrogen-bond donors (Lipinski definition) is 3. The van der Waals surface area contributed by atoms with Crippen LogP contribution in [-0.2, 0) is 16.0 Å². The molecule has 0 aliphatic rings. The average molecular weight is 404 g/mol. The van der Waals surface area contributed by atoms with E-state index in [1.165, 1.54) is 11.3 Å². The van der Waals surface area contributed by atoms with E-state index in [2.05, 4.69) is 15.5 Å². The van der Waals surface area contributed by atoms with Crippen molar-refractivity contribution in [2.24, 2.45) is 11.1 Å². The molecule has 0 saturated carbocycles. The third-order valence-electron chi connectivity index (χ3n) is 4.20. The Hall–Kier alpha value is -2.52. The zero-order valence-electron chi connectivity index (χ0n) is 15.3. The maximum Gasteiger partial charge on any atom is 0.249 e. The molecule has 142 valence electrons. The predicted octanol–water partition coefficient (Wildman–Crippen LogP) is 3.41. The summed E-state index contributed by atoms with van der Waals surface area (Å²) in [6.45, 7) is 5.98. The minimum absolute atomic E-state index is 0.118. The van der Waals surface area contributed by atoms with E-state index in [4.69, 9.17) is 18.0 Å². The Labute approximate surface area is 165 Å². The monoisotopic (exact) mass is 403 g/mol. The minimum Gasteiger partial charge on any atom is -0.369 e. The molecular weight excluding hydrogens is 382 g/mol. The number of aromatic nitrogens is 3. The summed E-state index contributed by atoms with van der Waals surface area (Å²) in [7, 11) is 0. The highest BCUT2D eigenvalue weighted by Crippen LogP contribution is 2.36. The number of amides is 2. The Bertz CT molecular complexity index is 1060. The number of carbonyl (C=O) groups is 2. The summed E-state index contributed by atoms with van der Waals surface area (Å²) in [5.74, 6) is -0.613. The van der Waals surface area contributed by atoms with E-state index in [-0.39, 0.29) is 12.3 Å². The molecule has 3 rings (SSSR count). The molecule has 7 nitrogen and oxygen atoms in total. The molecule has 0 aliphatic heterocycles. The van der Waals surface area contributed by atoms with Crippen LogP contribution in [0.25, 0.3) is 10.9 Å². The molecule has 1 atom stereocenters. The van der Waals surface area contributed by atoms with Crippen molar-refractivity contribution in [3.63, 3.8) is 0 Å². The highest BCUT2D eigenvalue weighted by Gasteiger charge is 2.34. The third kappa shape index (κ3) is 4.09. The van der Waals surface area contributed by atoms with E-state index in [1.807, 2.05) is 55.8 Å². The maximum atomic E-state index is 13.1. The standard InChI is InChI=1S/C18H21N5O2S2/c1-18(2,3)14(15(25)20-16-21-22-17(26)27-16)23-9-10(8-13(19)24)11-6-4-5-7-12(11)23/h4-7,9,14H,8H2,1-3H3,(H2,19,24)(H,22,26)(H,20,21,25). The lowest BCUT2D eigenvalue weighted by Gasteiger charge is -2.31. The highest BCUT2D eigenvalue weighted by molar-refractivity contribution is 7.73. The smallest absolute Gasteiger partial charge is 0.249 e. The fourth-order valence-corrected chi connectivity index (χ4v) is 4.01.